The minimum absolute atomic E-state index is 0.334. The highest BCUT2D eigenvalue weighted by molar-refractivity contribution is 6.43. The molecule has 2 heterocycles. The van der Waals surface area contributed by atoms with Crippen molar-refractivity contribution >= 4 is 46.0 Å². The Balaban J connectivity index is 1.85. The summed E-state index contributed by atoms with van der Waals surface area (Å²) < 4.78 is 7.22. The van der Waals surface area contributed by atoms with Gasteiger partial charge in [-0.25, -0.2) is 9.97 Å². The maximum atomic E-state index is 6.43. The zero-order valence-electron chi connectivity index (χ0n) is 14.3. The first kappa shape index (κ1) is 18.1. The molecule has 0 atom stereocenters. The van der Waals surface area contributed by atoms with Crippen molar-refractivity contribution in [3.05, 3.63) is 75.6 Å². The van der Waals surface area contributed by atoms with Crippen LogP contribution in [0.4, 0.5) is 0 Å². The minimum Gasteiger partial charge on any atom is -0.497 e. The van der Waals surface area contributed by atoms with Crippen molar-refractivity contribution in [2.24, 2.45) is 0 Å². The van der Waals surface area contributed by atoms with E-state index in [4.69, 9.17) is 39.5 Å². The van der Waals surface area contributed by atoms with E-state index in [-0.39, 0.29) is 0 Å². The predicted octanol–water partition coefficient (Wildman–Crippen LogP) is 6.12. The Bertz CT molecular complexity index is 1120. The molecule has 27 heavy (non-hydrogen) atoms. The first-order valence-corrected chi connectivity index (χ1v) is 9.29. The van der Waals surface area contributed by atoms with Gasteiger partial charge < -0.3 is 9.30 Å². The number of benzene rings is 2. The van der Waals surface area contributed by atoms with Gasteiger partial charge in [0.1, 0.15) is 16.4 Å². The Morgan fingerprint density at radius 1 is 1.00 bits per heavy atom. The van der Waals surface area contributed by atoms with Crippen molar-refractivity contribution in [2.75, 3.05) is 7.11 Å². The number of fused-ring (bicyclic) bond motifs is 1. The summed E-state index contributed by atoms with van der Waals surface area (Å²) in [4.78, 5) is 8.95. The minimum atomic E-state index is 0.334. The normalized spacial score (nSPS) is 11.1. The van der Waals surface area contributed by atoms with Crippen LogP contribution in [0.2, 0.25) is 15.2 Å². The van der Waals surface area contributed by atoms with E-state index in [1.165, 1.54) is 6.20 Å². The molecule has 0 aliphatic heterocycles. The average molecular weight is 419 g/mol. The number of nitrogens with zero attached hydrogens (tertiary/aromatic N) is 3. The third-order valence-corrected chi connectivity index (χ3v) is 5.29. The second kappa shape index (κ2) is 7.39. The van der Waals surface area contributed by atoms with Crippen LogP contribution in [0.5, 0.6) is 5.75 Å². The number of aromatic nitrogens is 3. The third-order valence-electron chi connectivity index (χ3n) is 4.29. The number of hydrogen-bond donors (Lipinski definition) is 0. The summed E-state index contributed by atoms with van der Waals surface area (Å²) >= 11 is 18.7. The summed E-state index contributed by atoms with van der Waals surface area (Å²) in [6.07, 6.45) is 3.51. The van der Waals surface area contributed by atoms with Gasteiger partial charge in [0.15, 0.2) is 5.65 Å². The molecule has 0 aliphatic carbocycles. The number of rotatable bonds is 4. The highest BCUT2D eigenvalue weighted by Crippen LogP contribution is 2.37. The monoisotopic (exact) mass is 417 g/mol. The Kier molecular flexibility index (Phi) is 4.96. The fourth-order valence-electron chi connectivity index (χ4n) is 2.98. The van der Waals surface area contributed by atoms with Gasteiger partial charge in [0, 0.05) is 23.9 Å². The van der Waals surface area contributed by atoms with Crippen molar-refractivity contribution in [3.8, 4) is 16.9 Å². The predicted molar refractivity (Wildman–Crippen MR) is 110 cm³/mol. The van der Waals surface area contributed by atoms with E-state index in [2.05, 4.69) is 9.97 Å². The SMILES string of the molecule is COc1ccc(Cn2cc(-c3cccc(Cl)c3Cl)c3ncc(Cl)nc32)cc1. The van der Waals surface area contributed by atoms with E-state index in [0.717, 1.165) is 28.0 Å². The van der Waals surface area contributed by atoms with Crippen LogP contribution < -0.4 is 4.74 Å². The highest BCUT2D eigenvalue weighted by atomic mass is 35.5. The molecule has 0 N–H and O–H groups in total. The first-order valence-electron chi connectivity index (χ1n) is 8.15. The molecular formula is C20H14Cl3N3O. The Hall–Kier alpha value is -2.27. The lowest BCUT2D eigenvalue weighted by Gasteiger charge is -2.06. The van der Waals surface area contributed by atoms with E-state index in [1.807, 2.05) is 47.2 Å². The molecule has 2 aromatic carbocycles. The number of methoxy groups -OCH3 is 1. The van der Waals surface area contributed by atoms with Crippen LogP contribution in [0, 0.1) is 0 Å². The van der Waals surface area contributed by atoms with Crippen LogP contribution in [0.25, 0.3) is 22.3 Å². The lowest BCUT2D eigenvalue weighted by atomic mass is 10.1. The van der Waals surface area contributed by atoms with Gasteiger partial charge in [-0.15, -0.1) is 0 Å². The molecule has 0 amide bonds. The molecule has 0 fully saturated rings. The average Bonchev–Trinajstić information content (AvgIpc) is 3.02. The number of ether oxygens (including phenoxy) is 1. The van der Waals surface area contributed by atoms with Gasteiger partial charge in [-0.05, 0) is 23.8 Å². The molecule has 0 unspecified atom stereocenters. The molecule has 0 aliphatic rings. The smallest absolute Gasteiger partial charge is 0.161 e. The van der Waals surface area contributed by atoms with Crippen LogP contribution in [0.1, 0.15) is 5.56 Å². The van der Waals surface area contributed by atoms with Crippen LogP contribution in [0.3, 0.4) is 0 Å². The van der Waals surface area contributed by atoms with Crippen LogP contribution >= 0.6 is 34.8 Å². The van der Waals surface area contributed by atoms with Crippen LogP contribution in [-0.4, -0.2) is 21.6 Å². The topological polar surface area (TPSA) is 39.9 Å². The van der Waals surface area contributed by atoms with E-state index < -0.39 is 0 Å². The maximum Gasteiger partial charge on any atom is 0.161 e. The molecule has 0 spiro atoms. The molecule has 0 saturated heterocycles. The molecule has 136 valence electrons. The van der Waals surface area contributed by atoms with Gasteiger partial charge in [-0.3, -0.25) is 0 Å². The summed E-state index contributed by atoms with van der Waals surface area (Å²) in [5.74, 6) is 0.811. The van der Waals surface area contributed by atoms with Crippen molar-refractivity contribution in [1.82, 2.24) is 14.5 Å². The second-order valence-corrected chi connectivity index (χ2v) is 7.16. The van der Waals surface area contributed by atoms with Gasteiger partial charge in [-0.1, -0.05) is 59.1 Å². The molecule has 0 radical (unpaired) electrons. The quantitative estimate of drug-likeness (QED) is 0.401. The molecule has 0 saturated carbocycles. The van der Waals surface area contributed by atoms with Crippen molar-refractivity contribution in [1.29, 1.82) is 0 Å². The largest absolute Gasteiger partial charge is 0.497 e. The summed E-state index contributed by atoms with van der Waals surface area (Å²) in [5, 5.41) is 1.31. The standard InChI is InChI=1S/C20H14Cl3N3O/c1-27-13-7-5-12(6-8-13)10-26-11-15(14-3-2-4-16(21)18(14)23)19-20(26)25-17(22)9-24-19/h2-9,11H,10H2,1H3. The van der Waals surface area contributed by atoms with Gasteiger partial charge >= 0.3 is 0 Å². The van der Waals surface area contributed by atoms with E-state index >= 15 is 0 Å². The lowest BCUT2D eigenvalue weighted by molar-refractivity contribution is 0.414. The number of hydrogen-bond acceptors (Lipinski definition) is 3. The van der Waals surface area contributed by atoms with Gasteiger partial charge in [0.2, 0.25) is 0 Å². The zero-order valence-corrected chi connectivity index (χ0v) is 16.6. The molecule has 4 rings (SSSR count). The molecule has 2 aromatic heterocycles. The van der Waals surface area contributed by atoms with Gasteiger partial charge in [0.05, 0.1) is 23.4 Å². The summed E-state index contributed by atoms with van der Waals surface area (Å²) in [7, 11) is 1.65. The first-order chi connectivity index (χ1) is 13.1. The fourth-order valence-corrected chi connectivity index (χ4v) is 3.52. The van der Waals surface area contributed by atoms with E-state index in [1.54, 1.807) is 13.2 Å². The van der Waals surface area contributed by atoms with Crippen molar-refractivity contribution < 1.29 is 4.74 Å². The molecule has 4 nitrogen and oxygen atoms in total. The summed E-state index contributed by atoms with van der Waals surface area (Å²) in [6.45, 7) is 0.605. The molecule has 7 heteroatoms. The number of halogens is 3. The van der Waals surface area contributed by atoms with E-state index in [0.29, 0.717) is 27.4 Å². The van der Waals surface area contributed by atoms with Crippen LogP contribution in [0.15, 0.2) is 54.9 Å². The lowest BCUT2D eigenvalue weighted by Crippen LogP contribution is -1.99. The van der Waals surface area contributed by atoms with E-state index in [9.17, 15) is 0 Å². The molecule has 0 bridgehead atoms. The zero-order chi connectivity index (χ0) is 19.0. The summed E-state index contributed by atoms with van der Waals surface area (Å²) in [5.41, 5.74) is 4.16. The Morgan fingerprint density at radius 2 is 1.78 bits per heavy atom. The van der Waals surface area contributed by atoms with Gasteiger partial charge in [0.25, 0.3) is 0 Å². The van der Waals surface area contributed by atoms with Gasteiger partial charge in [-0.2, -0.15) is 0 Å². The fraction of sp³-hybridized carbons (Fsp3) is 0.100. The summed E-state index contributed by atoms with van der Waals surface area (Å²) in [6, 6.07) is 13.4. The maximum absolute atomic E-state index is 6.43. The highest BCUT2D eigenvalue weighted by Gasteiger charge is 2.17. The third kappa shape index (κ3) is 3.48. The Morgan fingerprint density at radius 3 is 2.52 bits per heavy atom. The molecular weight excluding hydrogens is 405 g/mol. The second-order valence-electron chi connectivity index (χ2n) is 5.99. The molecule has 4 aromatic rings. The Labute approximate surface area is 171 Å². The van der Waals surface area contributed by atoms with Crippen molar-refractivity contribution in [2.45, 2.75) is 6.54 Å². The van der Waals surface area contributed by atoms with Crippen LogP contribution in [-0.2, 0) is 6.54 Å². The van der Waals surface area contributed by atoms with Crippen molar-refractivity contribution in [3.63, 3.8) is 0 Å².